The maximum atomic E-state index is 12.2. The van der Waals surface area contributed by atoms with Crippen molar-refractivity contribution in [1.82, 2.24) is 9.36 Å². The number of aromatic nitrogens is 2. The van der Waals surface area contributed by atoms with Gasteiger partial charge in [0.15, 0.2) is 5.13 Å². The summed E-state index contributed by atoms with van der Waals surface area (Å²) in [5.74, 6) is -0.732. The Labute approximate surface area is 123 Å². The minimum Gasteiger partial charge on any atom is -0.378 e. The van der Waals surface area contributed by atoms with Crippen LogP contribution >= 0.6 is 22.9 Å². The van der Waals surface area contributed by atoms with Crippen molar-refractivity contribution >= 4 is 44.8 Å². The van der Waals surface area contributed by atoms with E-state index in [1.54, 1.807) is 19.4 Å². The Morgan fingerprint density at radius 3 is 2.85 bits per heavy atom. The van der Waals surface area contributed by atoms with E-state index in [9.17, 15) is 9.59 Å². The zero-order chi connectivity index (χ0) is 14.7. The van der Waals surface area contributed by atoms with E-state index in [2.05, 4.69) is 20.0 Å². The summed E-state index contributed by atoms with van der Waals surface area (Å²) in [7, 11) is 1.73. The molecule has 9 heteroatoms. The maximum Gasteiger partial charge on any atom is 0.262 e. The van der Waals surface area contributed by atoms with Gasteiger partial charge in [0.1, 0.15) is 5.00 Å². The van der Waals surface area contributed by atoms with Crippen LogP contribution in [0.5, 0.6) is 0 Å². The number of thiazole rings is 1. The zero-order valence-corrected chi connectivity index (χ0v) is 12.5. The maximum absolute atomic E-state index is 12.2. The van der Waals surface area contributed by atoms with Gasteiger partial charge in [0.25, 0.3) is 5.91 Å². The molecule has 0 radical (unpaired) electrons. The number of carbonyl (C=O) groups excluding carboxylic acids is 2. The third kappa shape index (κ3) is 3.11. The predicted octanol–water partition coefficient (Wildman–Crippen LogP) is 1.23. The molecule has 7 nitrogen and oxygen atoms in total. The molecule has 0 atom stereocenters. The summed E-state index contributed by atoms with van der Waals surface area (Å²) < 4.78 is 4.13. The van der Waals surface area contributed by atoms with Crippen LogP contribution in [0.1, 0.15) is 21.7 Å². The Morgan fingerprint density at radius 2 is 2.20 bits per heavy atom. The van der Waals surface area contributed by atoms with Crippen LogP contribution in [0.2, 0.25) is 0 Å². The van der Waals surface area contributed by atoms with Crippen molar-refractivity contribution < 1.29 is 9.59 Å². The lowest BCUT2D eigenvalue weighted by Crippen LogP contribution is -2.15. The normalized spacial score (nSPS) is 10.3. The summed E-state index contributed by atoms with van der Waals surface area (Å²) in [5.41, 5.74) is 6.80. The zero-order valence-electron chi connectivity index (χ0n) is 10.9. The molecule has 0 saturated heterocycles. The molecule has 0 unspecified atom stereocenters. The lowest BCUT2D eigenvalue weighted by Gasteiger charge is -2.03. The van der Waals surface area contributed by atoms with Gasteiger partial charge in [-0.2, -0.15) is 4.37 Å². The molecule has 4 N–H and O–H groups in total. The number of hydrogen-bond donors (Lipinski definition) is 3. The fraction of sp³-hybridized carbons (Fsp3) is 0.273. The van der Waals surface area contributed by atoms with Crippen LogP contribution in [0.25, 0.3) is 0 Å². The minimum absolute atomic E-state index is 0.0627. The lowest BCUT2D eigenvalue weighted by atomic mass is 10.2. The first kappa shape index (κ1) is 14.4. The van der Waals surface area contributed by atoms with Crippen molar-refractivity contribution in [3.63, 3.8) is 0 Å². The van der Waals surface area contributed by atoms with E-state index in [-0.39, 0.29) is 12.3 Å². The second-order valence-electron chi connectivity index (χ2n) is 3.96. The molecule has 0 saturated carbocycles. The van der Waals surface area contributed by atoms with Crippen molar-refractivity contribution in [2.75, 3.05) is 17.7 Å². The van der Waals surface area contributed by atoms with Crippen molar-refractivity contribution in [3.8, 4) is 0 Å². The lowest BCUT2D eigenvalue weighted by molar-refractivity contribution is -0.117. The van der Waals surface area contributed by atoms with Crippen LogP contribution in [0.3, 0.4) is 0 Å². The van der Waals surface area contributed by atoms with E-state index >= 15 is 0 Å². The summed E-state index contributed by atoms with van der Waals surface area (Å²) in [5, 5.41) is 8.45. The second-order valence-corrected chi connectivity index (χ2v) is 5.59. The number of hydrogen-bond acceptors (Lipinski definition) is 7. The third-order valence-electron chi connectivity index (χ3n) is 2.44. The number of amides is 2. The number of nitrogens with zero attached hydrogens (tertiary/aromatic N) is 2. The van der Waals surface area contributed by atoms with Gasteiger partial charge in [-0.3, -0.25) is 14.9 Å². The quantitative estimate of drug-likeness (QED) is 0.769. The van der Waals surface area contributed by atoms with Crippen LogP contribution in [-0.2, 0) is 11.2 Å². The molecule has 2 aromatic heterocycles. The molecule has 20 heavy (non-hydrogen) atoms. The molecule has 2 aromatic rings. The van der Waals surface area contributed by atoms with E-state index < -0.39 is 5.91 Å². The Bertz CT molecular complexity index is 649. The molecule has 0 aliphatic rings. The summed E-state index contributed by atoms with van der Waals surface area (Å²) in [6, 6.07) is 0. The average molecular weight is 311 g/mol. The molecule has 2 heterocycles. The first-order valence-electron chi connectivity index (χ1n) is 5.69. The third-order valence-corrected chi connectivity index (χ3v) is 4.21. The molecule has 0 spiro atoms. The summed E-state index contributed by atoms with van der Waals surface area (Å²) in [4.78, 5) is 27.1. The Morgan fingerprint density at radius 1 is 1.45 bits per heavy atom. The molecule has 0 aliphatic carbocycles. The molecule has 106 valence electrons. The largest absolute Gasteiger partial charge is 0.378 e. The fourth-order valence-electron chi connectivity index (χ4n) is 1.59. The van der Waals surface area contributed by atoms with Gasteiger partial charge < -0.3 is 11.1 Å². The molecule has 0 aliphatic heterocycles. The molecule has 2 amide bonds. The number of nitrogens with one attached hydrogen (secondary N) is 2. The first-order chi connectivity index (χ1) is 9.51. The number of nitrogens with two attached hydrogens (primary N) is 1. The van der Waals surface area contributed by atoms with Crippen LogP contribution in [0.4, 0.5) is 10.1 Å². The van der Waals surface area contributed by atoms with E-state index in [1.807, 2.05) is 0 Å². The standard InChI is InChI=1S/C11H13N5O2S2/c1-5-8(10(13-2)20-16-5)9(18)15-11-14-6(4-19-11)3-7(12)17/h4,13H,3H2,1-2H3,(H2,12,17)(H,14,15,18). The van der Waals surface area contributed by atoms with Crippen LogP contribution < -0.4 is 16.4 Å². The predicted molar refractivity (Wildman–Crippen MR) is 79.4 cm³/mol. The smallest absolute Gasteiger partial charge is 0.262 e. The van der Waals surface area contributed by atoms with Gasteiger partial charge in [0.05, 0.1) is 23.4 Å². The molecule has 0 fully saturated rings. The Kier molecular flexibility index (Phi) is 4.30. The Hall–Kier alpha value is -2.00. The van der Waals surface area contributed by atoms with Crippen LogP contribution in [-0.4, -0.2) is 28.2 Å². The topological polar surface area (TPSA) is 110 Å². The van der Waals surface area contributed by atoms with E-state index in [0.29, 0.717) is 27.1 Å². The van der Waals surface area contributed by atoms with Crippen molar-refractivity contribution in [2.24, 2.45) is 5.73 Å². The van der Waals surface area contributed by atoms with Gasteiger partial charge in [-0.25, -0.2) is 4.98 Å². The number of carbonyl (C=O) groups is 2. The number of aryl methyl sites for hydroxylation is 1. The van der Waals surface area contributed by atoms with Crippen molar-refractivity contribution in [1.29, 1.82) is 0 Å². The van der Waals surface area contributed by atoms with Gasteiger partial charge in [-0.1, -0.05) is 0 Å². The van der Waals surface area contributed by atoms with E-state index in [0.717, 1.165) is 0 Å². The van der Waals surface area contributed by atoms with Crippen LogP contribution in [0, 0.1) is 6.92 Å². The van der Waals surface area contributed by atoms with Gasteiger partial charge in [-0.05, 0) is 18.5 Å². The first-order valence-corrected chi connectivity index (χ1v) is 7.34. The second kappa shape index (κ2) is 5.97. The summed E-state index contributed by atoms with van der Waals surface area (Å²) in [6.07, 6.45) is 0.0627. The summed E-state index contributed by atoms with van der Waals surface area (Å²) >= 11 is 2.48. The summed E-state index contributed by atoms with van der Waals surface area (Å²) in [6.45, 7) is 1.77. The molecule has 2 rings (SSSR count). The molecular formula is C11H13N5O2S2. The van der Waals surface area contributed by atoms with Gasteiger partial charge in [-0.15, -0.1) is 11.3 Å². The molecule has 0 aromatic carbocycles. The average Bonchev–Trinajstić information content (AvgIpc) is 2.95. The number of primary amides is 1. The molecule has 0 bridgehead atoms. The fourth-order valence-corrected chi connectivity index (χ4v) is 3.04. The van der Waals surface area contributed by atoms with Crippen LogP contribution in [0.15, 0.2) is 5.38 Å². The number of anilines is 2. The van der Waals surface area contributed by atoms with E-state index in [4.69, 9.17) is 5.73 Å². The SMILES string of the molecule is CNc1snc(C)c1C(=O)Nc1nc(CC(N)=O)cs1. The van der Waals surface area contributed by atoms with Crippen molar-refractivity contribution in [3.05, 3.63) is 22.3 Å². The Balaban J connectivity index is 2.13. The van der Waals surface area contributed by atoms with Gasteiger partial charge in [0, 0.05) is 12.4 Å². The highest BCUT2D eigenvalue weighted by Crippen LogP contribution is 2.25. The monoisotopic (exact) mass is 311 g/mol. The highest BCUT2D eigenvalue weighted by Gasteiger charge is 2.18. The van der Waals surface area contributed by atoms with Gasteiger partial charge >= 0.3 is 0 Å². The highest BCUT2D eigenvalue weighted by molar-refractivity contribution is 7.14. The highest BCUT2D eigenvalue weighted by atomic mass is 32.1. The molecular weight excluding hydrogens is 298 g/mol. The van der Waals surface area contributed by atoms with Gasteiger partial charge in [0.2, 0.25) is 5.91 Å². The minimum atomic E-state index is -0.455. The van der Waals surface area contributed by atoms with Crippen molar-refractivity contribution in [2.45, 2.75) is 13.3 Å². The van der Waals surface area contributed by atoms with E-state index in [1.165, 1.54) is 22.9 Å². The number of rotatable bonds is 5.